The zero-order valence-electron chi connectivity index (χ0n) is 27.2. The van der Waals surface area contributed by atoms with Crippen LogP contribution >= 0.6 is 0 Å². The number of carbonyl (C=O) groups is 1. The molecule has 0 unspecified atom stereocenters. The number of rotatable bonds is 10. The number of esters is 1. The number of ether oxygens (including phenoxy) is 7. The fourth-order valence-electron chi connectivity index (χ4n) is 6.06. The Hall–Kier alpha value is -2.07. The molecule has 10 heteroatoms. The van der Waals surface area contributed by atoms with Gasteiger partial charge in [-0.15, -0.1) is 12.3 Å². The lowest BCUT2D eigenvalue weighted by molar-refractivity contribution is -0.354. The summed E-state index contributed by atoms with van der Waals surface area (Å²) in [5.41, 5.74) is 0.994. The predicted octanol–water partition coefficient (Wildman–Crippen LogP) is 3.84. The highest BCUT2D eigenvalue weighted by Gasteiger charge is 2.53. The van der Waals surface area contributed by atoms with Gasteiger partial charge in [-0.1, -0.05) is 36.8 Å². The normalized spacial score (nSPS) is 41.8. The van der Waals surface area contributed by atoms with Gasteiger partial charge >= 0.3 is 5.97 Å². The molecular formula is C34H52O10. The van der Waals surface area contributed by atoms with Crippen molar-refractivity contribution in [3.05, 3.63) is 36.0 Å². The van der Waals surface area contributed by atoms with Crippen molar-refractivity contribution in [2.24, 2.45) is 11.8 Å². The van der Waals surface area contributed by atoms with Gasteiger partial charge in [-0.05, 0) is 39.7 Å². The van der Waals surface area contributed by atoms with Gasteiger partial charge in [-0.2, -0.15) is 0 Å². The van der Waals surface area contributed by atoms with Gasteiger partial charge in [-0.3, -0.25) is 4.79 Å². The van der Waals surface area contributed by atoms with Gasteiger partial charge in [0.05, 0.1) is 24.4 Å². The molecule has 3 aliphatic heterocycles. The zero-order valence-corrected chi connectivity index (χ0v) is 27.2. The van der Waals surface area contributed by atoms with Gasteiger partial charge in [0.25, 0.3) is 0 Å². The van der Waals surface area contributed by atoms with Crippen LogP contribution in [-0.2, 0) is 38.0 Å². The van der Waals surface area contributed by atoms with Gasteiger partial charge in [0.1, 0.15) is 30.3 Å². The molecule has 0 aliphatic carbocycles. The molecule has 0 amide bonds. The van der Waals surface area contributed by atoms with Gasteiger partial charge in [0.2, 0.25) is 0 Å². The topological polar surface area (TPSA) is 122 Å². The summed E-state index contributed by atoms with van der Waals surface area (Å²) in [4.78, 5) is 13.5. The first-order valence-electron chi connectivity index (χ1n) is 15.6. The number of cyclic esters (lactones) is 1. The van der Waals surface area contributed by atoms with Gasteiger partial charge in [0, 0.05) is 52.9 Å². The number of unbranched alkanes of at least 4 members (excludes halogenated alkanes) is 2. The monoisotopic (exact) mass is 620 g/mol. The quantitative estimate of drug-likeness (QED) is 0.123. The van der Waals surface area contributed by atoms with E-state index in [2.05, 4.69) is 5.92 Å². The largest absolute Gasteiger partial charge is 0.457 e. The van der Waals surface area contributed by atoms with Crippen LogP contribution in [0.1, 0.15) is 66.2 Å². The van der Waals surface area contributed by atoms with Crippen molar-refractivity contribution in [2.75, 3.05) is 21.3 Å². The van der Waals surface area contributed by atoms with E-state index >= 15 is 0 Å². The van der Waals surface area contributed by atoms with Crippen molar-refractivity contribution in [3.8, 4) is 12.3 Å². The molecule has 10 nitrogen and oxygen atoms in total. The predicted molar refractivity (Wildman–Crippen MR) is 164 cm³/mol. The van der Waals surface area contributed by atoms with Crippen molar-refractivity contribution in [1.29, 1.82) is 0 Å². The molecule has 3 aliphatic rings. The van der Waals surface area contributed by atoms with E-state index in [1.807, 2.05) is 44.2 Å². The Labute approximate surface area is 262 Å². The number of terminal acetylenes is 1. The molecule has 2 saturated heterocycles. The number of aliphatic hydroxyl groups is 2. The van der Waals surface area contributed by atoms with Crippen molar-refractivity contribution in [3.63, 3.8) is 0 Å². The van der Waals surface area contributed by atoms with Crippen LogP contribution in [0.2, 0.25) is 0 Å². The molecule has 0 aromatic carbocycles. The maximum absolute atomic E-state index is 13.5. The minimum atomic E-state index is -1.89. The van der Waals surface area contributed by atoms with Gasteiger partial charge in [0.15, 0.2) is 12.1 Å². The molecule has 12 atom stereocenters. The molecule has 2 fully saturated rings. The smallest absolute Gasteiger partial charge is 0.314 e. The first-order chi connectivity index (χ1) is 21.0. The number of aliphatic hydroxyl groups excluding tert-OH is 1. The second-order valence-corrected chi connectivity index (χ2v) is 12.2. The molecule has 248 valence electrons. The Morgan fingerprint density at radius 2 is 1.86 bits per heavy atom. The van der Waals surface area contributed by atoms with Crippen molar-refractivity contribution >= 4 is 5.97 Å². The fraction of sp³-hybridized carbons (Fsp3) is 0.735. The Morgan fingerprint density at radius 3 is 2.52 bits per heavy atom. The number of carbonyl (C=O) groups excluding carboxylic acids is 1. The third kappa shape index (κ3) is 9.24. The Morgan fingerprint density at radius 1 is 1.14 bits per heavy atom. The Balaban J connectivity index is 1.88. The summed E-state index contributed by atoms with van der Waals surface area (Å²) in [7, 11) is 4.63. The average molecular weight is 621 g/mol. The maximum atomic E-state index is 13.5. The lowest BCUT2D eigenvalue weighted by atomic mass is 9.81. The molecule has 0 spiro atoms. The number of hydrogen-bond donors (Lipinski definition) is 2. The van der Waals surface area contributed by atoms with Crippen LogP contribution in [0.3, 0.4) is 0 Å². The van der Waals surface area contributed by atoms with Crippen LogP contribution < -0.4 is 0 Å². The third-order valence-corrected chi connectivity index (χ3v) is 8.96. The molecule has 0 aromatic rings. The Bertz CT molecular complexity index is 1050. The molecule has 0 saturated carbocycles. The van der Waals surface area contributed by atoms with Crippen molar-refractivity contribution < 1.29 is 48.2 Å². The Kier molecular flexibility index (Phi) is 14.1. The number of allylic oxidation sites excluding steroid dienone is 3. The van der Waals surface area contributed by atoms with Crippen LogP contribution in [0.5, 0.6) is 0 Å². The van der Waals surface area contributed by atoms with E-state index in [9.17, 15) is 15.0 Å². The molecule has 44 heavy (non-hydrogen) atoms. The molecule has 3 rings (SSSR count). The zero-order chi connectivity index (χ0) is 32.4. The number of hydrogen-bond acceptors (Lipinski definition) is 10. The van der Waals surface area contributed by atoms with E-state index in [0.717, 1.165) is 24.8 Å². The van der Waals surface area contributed by atoms with E-state index < -0.39 is 66.7 Å². The molecule has 2 bridgehead atoms. The van der Waals surface area contributed by atoms with E-state index in [0.29, 0.717) is 12.8 Å². The number of methoxy groups -OCH3 is 3. The van der Waals surface area contributed by atoms with Crippen LogP contribution in [0, 0.1) is 24.2 Å². The van der Waals surface area contributed by atoms with Crippen LogP contribution in [0.15, 0.2) is 36.0 Å². The summed E-state index contributed by atoms with van der Waals surface area (Å²) in [6.45, 7) is 7.30. The highest BCUT2D eigenvalue weighted by Crippen LogP contribution is 2.42. The van der Waals surface area contributed by atoms with Crippen LogP contribution in [-0.4, -0.2) is 98.4 Å². The first-order valence-corrected chi connectivity index (χ1v) is 15.6. The fourth-order valence-corrected chi connectivity index (χ4v) is 6.06. The lowest BCUT2D eigenvalue weighted by Crippen LogP contribution is -2.62. The maximum Gasteiger partial charge on any atom is 0.314 e. The number of fused-ring (bicyclic) bond motifs is 2. The standard InChI is InChI=1S/C34H52O10/c1-9-10-11-12-13-14-15-16-25-17-21(2)18-26(38-6)19-27-22(3)28(20-34(37,44-27)23(4)32(36)42-25)43-33-31(40-8)30(39-7)29(35)24(5)41-33/h1,13-16,18,22-31,33,35,37H,10-12,17,19-20H2,2-8H3/b14-13+,16-15+,21-18+/t22-,23-,24+,25+,26-,27+,28+,29+,30-,31-,33+,34+/m1/s1. The molecule has 3 heterocycles. The summed E-state index contributed by atoms with van der Waals surface area (Å²) in [5, 5.41) is 22.5. The SMILES string of the molecule is C#CCCC/C=C/C=C/[C@H]1C/C(C)=C/[C@@H](OC)C[C@@H]2O[C@@](O)(C[C@H](O[C@@H]3O[C@@H](C)[C@H](O)[C@@H](OC)[C@H]3OC)[C@@H]2C)[C@H](C)C(=O)O1. The lowest BCUT2D eigenvalue weighted by Gasteiger charge is -2.50. The van der Waals surface area contributed by atoms with Gasteiger partial charge < -0.3 is 43.4 Å². The summed E-state index contributed by atoms with van der Waals surface area (Å²) >= 11 is 0. The molecule has 2 N–H and O–H groups in total. The second kappa shape index (κ2) is 17.0. The molecule has 0 aromatic heterocycles. The minimum absolute atomic E-state index is 0.0147. The molecular weight excluding hydrogens is 568 g/mol. The van der Waals surface area contributed by atoms with Gasteiger partial charge in [-0.25, -0.2) is 0 Å². The first kappa shape index (κ1) is 36.4. The summed E-state index contributed by atoms with van der Waals surface area (Å²) in [6, 6.07) is 0. The minimum Gasteiger partial charge on any atom is -0.457 e. The van der Waals surface area contributed by atoms with Crippen molar-refractivity contribution in [1.82, 2.24) is 0 Å². The summed E-state index contributed by atoms with van der Waals surface area (Å²) in [5.74, 6) is -1.08. The van der Waals surface area contributed by atoms with Crippen LogP contribution in [0.4, 0.5) is 0 Å². The van der Waals surface area contributed by atoms with E-state index in [1.165, 1.54) is 14.2 Å². The highest BCUT2D eigenvalue weighted by molar-refractivity contribution is 5.73. The van der Waals surface area contributed by atoms with E-state index in [1.54, 1.807) is 21.0 Å². The third-order valence-electron chi connectivity index (χ3n) is 8.96. The summed E-state index contributed by atoms with van der Waals surface area (Å²) in [6.07, 6.45) is 12.6. The molecule has 0 radical (unpaired) electrons. The van der Waals surface area contributed by atoms with Crippen molar-refractivity contribution in [2.45, 2.75) is 127 Å². The van der Waals surface area contributed by atoms with E-state index in [4.69, 9.17) is 39.6 Å². The van der Waals surface area contributed by atoms with Crippen LogP contribution in [0.25, 0.3) is 0 Å². The van der Waals surface area contributed by atoms with E-state index in [-0.39, 0.29) is 18.4 Å². The second-order valence-electron chi connectivity index (χ2n) is 12.2. The highest BCUT2D eigenvalue weighted by atomic mass is 16.7. The summed E-state index contributed by atoms with van der Waals surface area (Å²) < 4.78 is 41.8. The average Bonchev–Trinajstić information content (AvgIpc) is 2.99.